The third-order valence-electron chi connectivity index (χ3n) is 4.04. The molecular formula is C16H18N6O. The van der Waals surface area contributed by atoms with Gasteiger partial charge < -0.3 is 4.57 Å². The van der Waals surface area contributed by atoms with Crippen LogP contribution in [0.1, 0.15) is 31.0 Å². The summed E-state index contributed by atoms with van der Waals surface area (Å²) in [6.45, 7) is 0.616. The van der Waals surface area contributed by atoms with Gasteiger partial charge in [-0.2, -0.15) is 0 Å². The fraction of sp³-hybridized carbons (Fsp3) is 0.375. The number of benzene rings is 1. The van der Waals surface area contributed by atoms with Crippen LogP contribution in [-0.2, 0) is 18.4 Å². The van der Waals surface area contributed by atoms with E-state index in [1.54, 1.807) is 18.1 Å². The smallest absolute Gasteiger partial charge is 0.248 e. The first kappa shape index (κ1) is 13.9. The Labute approximate surface area is 133 Å². The molecule has 1 aliphatic rings. The molecule has 2 aromatic heterocycles. The first-order valence-electron chi connectivity index (χ1n) is 7.81. The zero-order valence-corrected chi connectivity index (χ0v) is 12.9. The van der Waals surface area contributed by atoms with Crippen molar-refractivity contribution < 1.29 is 4.79 Å². The Morgan fingerprint density at radius 3 is 2.91 bits per heavy atom. The number of aryl methyl sites for hydroxylation is 2. The minimum absolute atomic E-state index is 0.0873. The van der Waals surface area contributed by atoms with E-state index in [2.05, 4.69) is 26.0 Å². The zero-order valence-electron chi connectivity index (χ0n) is 12.9. The van der Waals surface area contributed by atoms with Crippen molar-refractivity contribution in [3.63, 3.8) is 0 Å². The SMILES string of the molecule is Cn1cnc(NC(=O)CCn2c(C3CC3)nc3ccccc32)n1. The van der Waals surface area contributed by atoms with Crippen molar-refractivity contribution in [1.82, 2.24) is 24.3 Å². The van der Waals surface area contributed by atoms with Crippen LogP contribution in [0.3, 0.4) is 0 Å². The average molecular weight is 310 g/mol. The molecule has 7 heteroatoms. The summed E-state index contributed by atoms with van der Waals surface area (Å²) in [6, 6.07) is 8.09. The lowest BCUT2D eigenvalue weighted by atomic mass is 10.3. The van der Waals surface area contributed by atoms with Crippen molar-refractivity contribution in [3.8, 4) is 0 Å². The maximum absolute atomic E-state index is 12.1. The standard InChI is InChI=1S/C16H18N6O/c1-21-10-17-16(20-21)19-14(23)8-9-22-13-5-3-2-4-12(13)18-15(22)11-6-7-11/h2-5,10-11H,6-9H2,1H3,(H,19,20,23). The fourth-order valence-corrected chi connectivity index (χ4v) is 2.78. The predicted molar refractivity (Wildman–Crippen MR) is 86.0 cm³/mol. The molecular weight excluding hydrogens is 292 g/mol. The molecule has 1 saturated carbocycles. The first-order chi connectivity index (χ1) is 11.2. The number of rotatable bonds is 5. The van der Waals surface area contributed by atoms with Crippen molar-refractivity contribution in [1.29, 1.82) is 0 Å². The highest BCUT2D eigenvalue weighted by Gasteiger charge is 2.29. The summed E-state index contributed by atoms with van der Waals surface area (Å²) in [7, 11) is 1.77. The minimum Gasteiger partial charge on any atom is -0.327 e. The number of amides is 1. The van der Waals surface area contributed by atoms with Crippen LogP contribution in [0.2, 0.25) is 0 Å². The van der Waals surface area contributed by atoms with Gasteiger partial charge in [0.2, 0.25) is 11.9 Å². The Hall–Kier alpha value is -2.70. The van der Waals surface area contributed by atoms with Crippen LogP contribution in [0, 0.1) is 0 Å². The van der Waals surface area contributed by atoms with Crippen molar-refractivity contribution in [3.05, 3.63) is 36.4 Å². The van der Waals surface area contributed by atoms with E-state index in [4.69, 9.17) is 4.98 Å². The van der Waals surface area contributed by atoms with E-state index in [9.17, 15) is 4.79 Å². The average Bonchev–Trinajstić information content (AvgIpc) is 3.21. The van der Waals surface area contributed by atoms with Crippen LogP contribution in [-0.4, -0.2) is 30.2 Å². The monoisotopic (exact) mass is 310 g/mol. The highest BCUT2D eigenvalue weighted by molar-refractivity contribution is 5.89. The maximum Gasteiger partial charge on any atom is 0.248 e. The molecule has 1 fully saturated rings. The molecule has 1 aliphatic carbocycles. The number of fused-ring (bicyclic) bond motifs is 1. The van der Waals surface area contributed by atoms with E-state index in [1.165, 1.54) is 12.8 Å². The van der Waals surface area contributed by atoms with E-state index in [0.717, 1.165) is 16.9 Å². The molecule has 0 spiro atoms. The van der Waals surface area contributed by atoms with Crippen LogP contribution in [0.15, 0.2) is 30.6 Å². The Balaban J connectivity index is 1.51. The summed E-state index contributed by atoms with van der Waals surface area (Å²) in [6.07, 6.45) is 4.31. The van der Waals surface area contributed by atoms with Gasteiger partial charge in [0, 0.05) is 25.9 Å². The third kappa shape index (κ3) is 2.81. The molecule has 118 valence electrons. The number of carbonyl (C=O) groups excluding carboxylic acids is 1. The summed E-state index contributed by atoms with van der Waals surface area (Å²) in [5, 5.41) is 6.78. The van der Waals surface area contributed by atoms with Crippen LogP contribution in [0.4, 0.5) is 5.95 Å². The Kier molecular flexibility index (Phi) is 3.33. The van der Waals surface area contributed by atoms with Gasteiger partial charge in [0.05, 0.1) is 11.0 Å². The quantitative estimate of drug-likeness (QED) is 0.782. The van der Waals surface area contributed by atoms with Crippen LogP contribution < -0.4 is 5.32 Å². The maximum atomic E-state index is 12.1. The second kappa shape index (κ2) is 5.49. The number of nitrogens with zero attached hydrogens (tertiary/aromatic N) is 5. The van der Waals surface area contributed by atoms with Gasteiger partial charge in [-0.15, -0.1) is 5.10 Å². The Bertz CT molecular complexity index is 860. The van der Waals surface area contributed by atoms with Crippen LogP contribution in [0.5, 0.6) is 0 Å². The predicted octanol–water partition coefficient (Wildman–Crippen LogP) is 2.07. The summed E-state index contributed by atoms with van der Waals surface area (Å²) >= 11 is 0. The summed E-state index contributed by atoms with van der Waals surface area (Å²) in [4.78, 5) is 20.9. The van der Waals surface area contributed by atoms with Gasteiger partial charge >= 0.3 is 0 Å². The van der Waals surface area contributed by atoms with Gasteiger partial charge in [0.15, 0.2) is 0 Å². The lowest BCUT2D eigenvalue weighted by molar-refractivity contribution is -0.116. The highest BCUT2D eigenvalue weighted by Crippen LogP contribution is 2.40. The highest BCUT2D eigenvalue weighted by atomic mass is 16.1. The summed E-state index contributed by atoms with van der Waals surface area (Å²) in [5.74, 6) is 1.91. The summed E-state index contributed by atoms with van der Waals surface area (Å²) < 4.78 is 3.74. The van der Waals surface area contributed by atoms with Gasteiger partial charge in [-0.05, 0) is 25.0 Å². The number of anilines is 1. The molecule has 4 rings (SSSR count). The van der Waals surface area contributed by atoms with E-state index in [-0.39, 0.29) is 5.91 Å². The molecule has 0 saturated heterocycles. The number of aromatic nitrogens is 5. The van der Waals surface area contributed by atoms with Gasteiger partial charge in [0.25, 0.3) is 0 Å². The Morgan fingerprint density at radius 1 is 1.35 bits per heavy atom. The second-order valence-corrected chi connectivity index (χ2v) is 5.92. The first-order valence-corrected chi connectivity index (χ1v) is 7.81. The number of nitrogens with one attached hydrogen (secondary N) is 1. The largest absolute Gasteiger partial charge is 0.327 e. The molecule has 0 bridgehead atoms. The van der Waals surface area contributed by atoms with E-state index in [1.807, 2.05) is 18.2 Å². The van der Waals surface area contributed by atoms with Crippen molar-refractivity contribution >= 4 is 22.9 Å². The van der Waals surface area contributed by atoms with Gasteiger partial charge in [-0.3, -0.25) is 14.8 Å². The third-order valence-corrected chi connectivity index (χ3v) is 4.04. The molecule has 0 aliphatic heterocycles. The summed E-state index contributed by atoms with van der Waals surface area (Å²) in [5.41, 5.74) is 2.10. The normalized spacial score (nSPS) is 14.3. The van der Waals surface area contributed by atoms with Crippen molar-refractivity contribution in [2.75, 3.05) is 5.32 Å². The van der Waals surface area contributed by atoms with Crippen molar-refractivity contribution in [2.24, 2.45) is 7.05 Å². The number of hydrogen-bond donors (Lipinski definition) is 1. The van der Waals surface area contributed by atoms with Gasteiger partial charge in [-0.1, -0.05) is 12.1 Å². The number of hydrogen-bond acceptors (Lipinski definition) is 4. The lowest BCUT2D eigenvalue weighted by Gasteiger charge is -2.08. The molecule has 0 radical (unpaired) electrons. The Morgan fingerprint density at radius 2 is 2.17 bits per heavy atom. The molecule has 1 amide bonds. The zero-order chi connectivity index (χ0) is 15.8. The second-order valence-electron chi connectivity index (χ2n) is 5.92. The number of imidazole rings is 1. The van der Waals surface area contributed by atoms with E-state index < -0.39 is 0 Å². The van der Waals surface area contributed by atoms with Crippen LogP contribution in [0.25, 0.3) is 11.0 Å². The van der Waals surface area contributed by atoms with Crippen LogP contribution >= 0.6 is 0 Å². The number of carbonyl (C=O) groups is 1. The molecule has 0 unspecified atom stereocenters. The van der Waals surface area contributed by atoms with E-state index >= 15 is 0 Å². The van der Waals surface area contributed by atoms with Gasteiger partial charge in [-0.25, -0.2) is 9.97 Å². The molecule has 2 heterocycles. The molecule has 3 aromatic rings. The van der Waals surface area contributed by atoms with Gasteiger partial charge in [0.1, 0.15) is 12.2 Å². The van der Waals surface area contributed by atoms with E-state index in [0.29, 0.717) is 24.8 Å². The molecule has 1 N–H and O–H groups in total. The fourth-order valence-electron chi connectivity index (χ4n) is 2.78. The molecule has 7 nitrogen and oxygen atoms in total. The molecule has 1 aromatic carbocycles. The molecule has 23 heavy (non-hydrogen) atoms. The minimum atomic E-state index is -0.0873. The molecule has 0 atom stereocenters. The lowest BCUT2D eigenvalue weighted by Crippen LogP contribution is -2.16. The topological polar surface area (TPSA) is 77.6 Å². The number of para-hydroxylation sites is 2. The van der Waals surface area contributed by atoms with Crippen molar-refractivity contribution in [2.45, 2.75) is 31.7 Å².